The SMILES string of the molecule is CC(CCCCC(C)(C)C)OCc1ccccc1. The summed E-state index contributed by atoms with van der Waals surface area (Å²) in [6, 6.07) is 10.4. The lowest BCUT2D eigenvalue weighted by molar-refractivity contribution is 0.0454. The lowest BCUT2D eigenvalue weighted by Crippen LogP contribution is -2.09. The van der Waals surface area contributed by atoms with Crippen LogP contribution in [0.15, 0.2) is 30.3 Å². The number of ether oxygens (including phenoxy) is 1. The molecule has 102 valence electrons. The quantitative estimate of drug-likeness (QED) is 0.603. The molecule has 1 aromatic rings. The maximum Gasteiger partial charge on any atom is 0.0720 e. The summed E-state index contributed by atoms with van der Waals surface area (Å²) in [7, 11) is 0. The lowest BCUT2D eigenvalue weighted by atomic mass is 9.89. The van der Waals surface area contributed by atoms with Gasteiger partial charge in [0, 0.05) is 0 Å². The van der Waals surface area contributed by atoms with Gasteiger partial charge >= 0.3 is 0 Å². The monoisotopic (exact) mass is 248 g/mol. The van der Waals surface area contributed by atoms with Crippen LogP contribution < -0.4 is 0 Å². The summed E-state index contributed by atoms with van der Waals surface area (Å²) in [5, 5.41) is 0. The van der Waals surface area contributed by atoms with Crippen LogP contribution >= 0.6 is 0 Å². The molecule has 0 aliphatic carbocycles. The highest BCUT2D eigenvalue weighted by Gasteiger charge is 2.10. The third kappa shape index (κ3) is 7.50. The summed E-state index contributed by atoms with van der Waals surface area (Å²) in [6.45, 7) is 9.84. The standard InChI is InChI=1S/C17H28O/c1-15(10-8-9-13-17(2,3)4)18-14-16-11-6-5-7-12-16/h5-7,11-12,15H,8-10,13-14H2,1-4H3. The second-order valence-electron chi connectivity index (χ2n) is 6.41. The molecule has 0 fully saturated rings. The summed E-state index contributed by atoms with van der Waals surface area (Å²) in [6.07, 6.45) is 5.42. The largest absolute Gasteiger partial charge is 0.374 e. The highest BCUT2D eigenvalue weighted by atomic mass is 16.5. The number of unbranched alkanes of at least 4 members (excludes halogenated alkanes) is 1. The fraction of sp³-hybridized carbons (Fsp3) is 0.647. The van der Waals surface area contributed by atoms with Gasteiger partial charge in [-0.3, -0.25) is 0 Å². The van der Waals surface area contributed by atoms with Crippen LogP contribution in [0.3, 0.4) is 0 Å². The Morgan fingerprint density at radius 1 is 1.06 bits per heavy atom. The van der Waals surface area contributed by atoms with Gasteiger partial charge in [-0.05, 0) is 30.7 Å². The second-order valence-corrected chi connectivity index (χ2v) is 6.41. The Balaban J connectivity index is 2.09. The van der Waals surface area contributed by atoms with Gasteiger partial charge in [0.15, 0.2) is 0 Å². The van der Waals surface area contributed by atoms with Crippen LogP contribution in [0.2, 0.25) is 0 Å². The zero-order valence-electron chi connectivity index (χ0n) is 12.4. The Bertz CT molecular complexity index is 310. The predicted octanol–water partition coefficient (Wildman–Crippen LogP) is 5.20. The fourth-order valence-electron chi connectivity index (χ4n) is 1.98. The summed E-state index contributed by atoms with van der Waals surface area (Å²) >= 11 is 0. The minimum absolute atomic E-state index is 0.366. The molecular formula is C17H28O. The van der Waals surface area contributed by atoms with Crippen molar-refractivity contribution in [3.8, 4) is 0 Å². The molecule has 0 N–H and O–H groups in total. The Morgan fingerprint density at radius 3 is 2.33 bits per heavy atom. The van der Waals surface area contributed by atoms with Crippen molar-refractivity contribution in [2.45, 2.75) is 66.1 Å². The molecule has 1 nitrogen and oxygen atoms in total. The molecule has 0 bridgehead atoms. The molecule has 0 saturated heterocycles. The molecule has 18 heavy (non-hydrogen) atoms. The molecule has 0 aliphatic heterocycles. The number of hydrogen-bond acceptors (Lipinski definition) is 1. The fourth-order valence-corrected chi connectivity index (χ4v) is 1.98. The van der Waals surface area contributed by atoms with Crippen LogP contribution in [0.1, 0.15) is 58.9 Å². The summed E-state index contributed by atoms with van der Waals surface area (Å²) in [5.74, 6) is 0. The molecule has 1 unspecified atom stereocenters. The first-order valence-electron chi connectivity index (χ1n) is 7.13. The highest BCUT2D eigenvalue weighted by Crippen LogP contribution is 2.22. The van der Waals surface area contributed by atoms with Crippen molar-refractivity contribution in [3.05, 3.63) is 35.9 Å². The first-order valence-corrected chi connectivity index (χ1v) is 7.13. The van der Waals surface area contributed by atoms with E-state index in [-0.39, 0.29) is 0 Å². The molecule has 1 heteroatoms. The van der Waals surface area contributed by atoms with E-state index < -0.39 is 0 Å². The van der Waals surface area contributed by atoms with Crippen LogP contribution in [0.25, 0.3) is 0 Å². The lowest BCUT2D eigenvalue weighted by Gasteiger charge is -2.18. The van der Waals surface area contributed by atoms with E-state index >= 15 is 0 Å². The van der Waals surface area contributed by atoms with Gasteiger partial charge in [0.1, 0.15) is 0 Å². The summed E-state index contributed by atoms with van der Waals surface area (Å²) < 4.78 is 5.86. The molecule has 0 saturated carbocycles. The van der Waals surface area contributed by atoms with Crippen molar-refractivity contribution in [1.29, 1.82) is 0 Å². The van der Waals surface area contributed by atoms with Gasteiger partial charge in [0.2, 0.25) is 0 Å². The van der Waals surface area contributed by atoms with E-state index in [1.165, 1.54) is 31.2 Å². The maximum atomic E-state index is 5.86. The minimum Gasteiger partial charge on any atom is -0.374 e. The minimum atomic E-state index is 0.366. The van der Waals surface area contributed by atoms with E-state index in [0.29, 0.717) is 11.5 Å². The molecule has 0 amide bonds. The molecule has 0 radical (unpaired) electrons. The zero-order valence-corrected chi connectivity index (χ0v) is 12.4. The van der Waals surface area contributed by atoms with Crippen molar-refractivity contribution < 1.29 is 4.74 Å². The van der Waals surface area contributed by atoms with E-state index in [1.807, 2.05) is 6.07 Å². The van der Waals surface area contributed by atoms with Crippen molar-refractivity contribution >= 4 is 0 Å². The van der Waals surface area contributed by atoms with Crippen LogP contribution in [0.4, 0.5) is 0 Å². The molecular weight excluding hydrogens is 220 g/mol. The molecule has 1 aromatic carbocycles. The molecule has 1 rings (SSSR count). The Morgan fingerprint density at radius 2 is 1.72 bits per heavy atom. The second kappa shape index (κ2) is 7.58. The third-order valence-electron chi connectivity index (χ3n) is 3.16. The van der Waals surface area contributed by atoms with Crippen LogP contribution in [0, 0.1) is 5.41 Å². The van der Waals surface area contributed by atoms with Crippen LogP contribution in [0.5, 0.6) is 0 Å². The van der Waals surface area contributed by atoms with E-state index in [4.69, 9.17) is 4.74 Å². The van der Waals surface area contributed by atoms with Crippen molar-refractivity contribution in [1.82, 2.24) is 0 Å². The number of rotatable bonds is 7. The molecule has 0 heterocycles. The Labute approximate surface area is 113 Å². The van der Waals surface area contributed by atoms with E-state index in [9.17, 15) is 0 Å². The number of benzene rings is 1. The van der Waals surface area contributed by atoms with Gasteiger partial charge < -0.3 is 4.74 Å². The van der Waals surface area contributed by atoms with Crippen LogP contribution in [-0.4, -0.2) is 6.10 Å². The van der Waals surface area contributed by atoms with Gasteiger partial charge in [0.25, 0.3) is 0 Å². The maximum absolute atomic E-state index is 5.86. The predicted molar refractivity (Wildman–Crippen MR) is 78.6 cm³/mol. The van der Waals surface area contributed by atoms with Gasteiger partial charge in [-0.15, -0.1) is 0 Å². The van der Waals surface area contributed by atoms with Crippen molar-refractivity contribution in [2.24, 2.45) is 5.41 Å². The highest BCUT2D eigenvalue weighted by molar-refractivity contribution is 5.13. The van der Waals surface area contributed by atoms with E-state index in [2.05, 4.69) is 52.0 Å². The molecule has 0 aromatic heterocycles. The van der Waals surface area contributed by atoms with E-state index in [0.717, 1.165) is 6.61 Å². The van der Waals surface area contributed by atoms with Crippen molar-refractivity contribution in [2.75, 3.05) is 0 Å². The third-order valence-corrected chi connectivity index (χ3v) is 3.16. The zero-order chi connectivity index (χ0) is 13.4. The first-order chi connectivity index (χ1) is 8.47. The molecule has 0 spiro atoms. The first kappa shape index (κ1) is 15.2. The van der Waals surface area contributed by atoms with Crippen LogP contribution in [-0.2, 0) is 11.3 Å². The normalized spacial score (nSPS) is 13.6. The smallest absolute Gasteiger partial charge is 0.0720 e. The van der Waals surface area contributed by atoms with Gasteiger partial charge in [0.05, 0.1) is 12.7 Å². The van der Waals surface area contributed by atoms with Gasteiger partial charge in [-0.2, -0.15) is 0 Å². The van der Waals surface area contributed by atoms with Gasteiger partial charge in [-0.25, -0.2) is 0 Å². The summed E-state index contributed by atoms with van der Waals surface area (Å²) in [4.78, 5) is 0. The summed E-state index contributed by atoms with van der Waals surface area (Å²) in [5.41, 5.74) is 1.73. The van der Waals surface area contributed by atoms with Gasteiger partial charge in [-0.1, -0.05) is 63.9 Å². The molecule has 0 aliphatic rings. The van der Waals surface area contributed by atoms with E-state index in [1.54, 1.807) is 0 Å². The van der Waals surface area contributed by atoms with Crippen molar-refractivity contribution in [3.63, 3.8) is 0 Å². The average Bonchev–Trinajstić information content (AvgIpc) is 2.32. The Kier molecular flexibility index (Phi) is 6.42. The topological polar surface area (TPSA) is 9.23 Å². The number of hydrogen-bond donors (Lipinski definition) is 0. The molecule has 1 atom stereocenters. The average molecular weight is 248 g/mol. The Hall–Kier alpha value is -0.820.